The van der Waals surface area contributed by atoms with Gasteiger partial charge in [-0.3, -0.25) is 4.18 Å². The maximum Gasteiger partial charge on any atom is 0.296 e. The molecule has 2 aromatic rings. The van der Waals surface area contributed by atoms with E-state index in [1.54, 1.807) is 0 Å². The van der Waals surface area contributed by atoms with E-state index in [2.05, 4.69) is 6.92 Å². The third-order valence-corrected chi connectivity index (χ3v) is 5.39. The monoisotopic (exact) mass is 362 g/mol. The fourth-order valence-corrected chi connectivity index (χ4v) is 3.61. The van der Waals surface area contributed by atoms with Crippen LogP contribution >= 0.6 is 0 Å². The van der Waals surface area contributed by atoms with E-state index >= 15 is 0 Å². The van der Waals surface area contributed by atoms with Crippen molar-refractivity contribution in [3.8, 4) is 16.9 Å². The van der Waals surface area contributed by atoms with Crippen LogP contribution in [-0.2, 0) is 14.3 Å². The summed E-state index contributed by atoms with van der Waals surface area (Å²) >= 11 is 0. The zero-order valence-corrected chi connectivity index (χ0v) is 15.5. The summed E-state index contributed by atoms with van der Waals surface area (Å²) in [6, 6.07) is 13.4. The Kier molecular flexibility index (Phi) is 7.47. The van der Waals surface area contributed by atoms with E-state index in [9.17, 15) is 13.5 Å². The standard InChI is InChI=1S/C20H26O4S/c1-2-3-4-5-6-10-15-24-25(22,23)18-13-14-20(21)19(16-18)17-11-8-7-9-12-17/h7-9,11-14,16,21H,2-6,10,15H2,1H3. The van der Waals surface area contributed by atoms with Gasteiger partial charge in [0.05, 0.1) is 11.5 Å². The topological polar surface area (TPSA) is 63.6 Å². The van der Waals surface area contributed by atoms with E-state index < -0.39 is 10.1 Å². The summed E-state index contributed by atoms with van der Waals surface area (Å²) in [6.07, 6.45) is 6.40. The van der Waals surface area contributed by atoms with Crippen molar-refractivity contribution in [2.75, 3.05) is 6.61 Å². The molecule has 4 nitrogen and oxygen atoms in total. The Morgan fingerprint density at radius 3 is 2.32 bits per heavy atom. The Morgan fingerprint density at radius 2 is 1.60 bits per heavy atom. The van der Waals surface area contributed by atoms with Crippen molar-refractivity contribution in [2.45, 2.75) is 50.3 Å². The second-order valence-electron chi connectivity index (χ2n) is 6.09. The van der Waals surface area contributed by atoms with Crippen molar-refractivity contribution in [3.63, 3.8) is 0 Å². The molecule has 0 unspecified atom stereocenters. The van der Waals surface area contributed by atoms with Crippen LogP contribution in [0.4, 0.5) is 0 Å². The summed E-state index contributed by atoms with van der Waals surface area (Å²) in [4.78, 5) is 0.0649. The number of rotatable bonds is 10. The third-order valence-electron chi connectivity index (χ3n) is 4.08. The minimum atomic E-state index is -3.82. The van der Waals surface area contributed by atoms with E-state index in [-0.39, 0.29) is 17.3 Å². The first-order valence-corrected chi connectivity index (χ1v) is 10.2. The highest BCUT2D eigenvalue weighted by molar-refractivity contribution is 7.86. The molecule has 0 spiro atoms. The molecule has 0 atom stereocenters. The largest absolute Gasteiger partial charge is 0.507 e. The molecule has 0 aliphatic rings. The molecule has 2 aromatic carbocycles. The lowest BCUT2D eigenvalue weighted by Crippen LogP contribution is -2.08. The number of unbranched alkanes of at least 4 members (excludes halogenated alkanes) is 5. The molecule has 0 amide bonds. The van der Waals surface area contributed by atoms with Crippen LogP contribution in [0.25, 0.3) is 11.1 Å². The third kappa shape index (κ3) is 5.87. The van der Waals surface area contributed by atoms with Gasteiger partial charge in [0.1, 0.15) is 5.75 Å². The minimum Gasteiger partial charge on any atom is -0.507 e. The Bertz CT molecular complexity index is 755. The van der Waals surface area contributed by atoms with Crippen molar-refractivity contribution in [3.05, 3.63) is 48.5 Å². The SMILES string of the molecule is CCCCCCCCOS(=O)(=O)c1ccc(O)c(-c2ccccc2)c1. The van der Waals surface area contributed by atoms with Crippen LogP contribution < -0.4 is 0 Å². The molecule has 1 N–H and O–H groups in total. The van der Waals surface area contributed by atoms with E-state index in [1.165, 1.54) is 37.5 Å². The van der Waals surface area contributed by atoms with Crippen LogP contribution in [0.5, 0.6) is 5.75 Å². The predicted octanol–water partition coefficient (Wildman–Crippen LogP) is 5.13. The van der Waals surface area contributed by atoms with Gasteiger partial charge in [-0.05, 0) is 30.2 Å². The highest BCUT2D eigenvalue weighted by atomic mass is 32.2. The maximum atomic E-state index is 12.4. The summed E-state index contributed by atoms with van der Waals surface area (Å²) in [6.45, 7) is 2.35. The normalized spacial score (nSPS) is 11.6. The molecule has 0 aliphatic carbocycles. The maximum absolute atomic E-state index is 12.4. The zero-order chi connectivity index (χ0) is 18.1. The van der Waals surface area contributed by atoms with Crippen LogP contribution in [0.1, 0.15) is 45.4 Å². The number of hydrogen-bond donors (Lipinski definition) is 1. The number of benzene rings is 2. The molecule has 0 saturated heterocycles. The second-order valence-corrected chi connectivity index (χ2v) is 7.70. The molecule has 5 heteroatoms. The van der Waals surface area contributed by atoms with Crippen LogP contribution in [0, 0.1) is 0 Å². The van der Waals surface area contributed by atoms with Crippen molar-refractivity contribution in [1.82, 2.24) is 0 Å². The highest BCUT2D eigenvalue weighted by Crippen LogP contribution is 2.31. The van der Waals surface area contributed by atoms with Gasteiger partial charge < -0.3 is 5.11 Å². The number of phenols is 1. The first kappa shape index (κ1) is 19.5. The molecule has 0 aromatic heterocycles. The Labute approximate surface area is 150 Å². The highest BCUT2D eigenvalue weighted by Gasteiger charge is 2.17. The molecular formula is C20H26O4S. The van der Waals surface area contributed by atoms with Crippen molar-refractivity contribution >= 4 is 10.1 Å². The van der Waals surface area contributed by atoms with Crippen molar-refractivity contribution < 1.29 is 17.7 Å². The molecule has 2 rings (SSSR count). The van der Waals surface area contributed by atoms with Crippen LogP contribution in [0.2, 0.25) is 0 Å². The lowest BCUT2D eigenvalue weighted by Gasteiger charge is -2.09. The lowest BCUT2D eigenvalue weighted by molar-refractivity contribution is 0.306. The summed E-state index contributed by atoms with van der Waals surface area (Å²) < 4.78 is 29.9. The fourth-order valence-electron chi connectivity index (χ4n) is 2.64. The van der Waals surface area contributed by atoms with Crippen LogP contribution in [0.15, 0.2) is 53.4 Å². The average Bonchev–Trinajstić information content (AvgIpc) is 2.62. The number of phenolic OH excluding ortho intramolecular Hbond substituents is 1. The molecule has 25 heavy (non-hydrogen) atoms. The summed E-state index contributed by atoms with van der Waals surface area (Å²) in [7, 11) is -3.82. The first-order valence-electron chi connectivity index (χ1n) is 8.82. The molecule has 0 fully saturated rings. The lowest BCUT2D eigenvalue weighted by atomic mass is 10.1. The summed E-state index contributed by atoms with van der Waals surface area (Å²) in [5, 5.41) is 10.0. The molecule has 0 bridgehead atoms. The molecular weight excluding hydrogens is 336 g/mol. The van der Waals surface area contributed by atoms with Gasteiger partial charge in [0.15, 0.2) is 0 Å². The molecule has 0 radical (unpaired) electrons. The molecule has 136 valence electrons. The van der Waals surface area contributed by atoms with Crippen LogP contribution in [-0.4, -0.2) is 20.1 Å². The number of aromatic hydroxyl groups is 1. The minimum absolute atomic E-state index is 0.0427. The zero-order valence-electron chi connectivity index (χ0n) is 14.6. The Balaban J connectivity index is 2.00. The van der Waals surface area contributed by atoms with Gasteiger partial charge in [0, 0.05) is 5.56 Å². The van der Waals surface area contributed by atoms with E-state index in [0.717, 1.165) is 24.8 Å². The molecule has 0 aliphatic heterocycles. The van der Waals surface area contributed by atoms with Crippen molar-refractivity contribution in [2.24, 2.45) is 0 Å². The van der Waals surface area contributed by atoms with E-state index in [4.69, 9.17) is 4.18 Å². The van der Waals surface area contributed by atoms with Gasteiger partial charge in [-0.25, -0.2) is 0 Å². The van der Waals surface area contributed by atoms with Gasteiger partial charge in [-0.1, -0.05) is 69.4 Å². The Hall–Kier alpha value is -1.85. The second kappa shape index (κ2) is 9.59. The quantitative estimate of drug-likeness (QED) is 0.470. The van der Waals surface area contributed by atoms with Gasteiger partial charge in [-0.2, -0.15) is 8.42 Å². The van der Waals surface area contributed by atoms with Gasteiger partial charge in [-0.15, -0.1) is 0 Å². The summed E-state index contributed by atoms with van der Waals surface area (Å²) in [5.74, 6) is 0.0427. The predicted molar refractivity (Wildman–Crippen MR) is 100 cm³/mol. The Morgan fingerprint density at radius 1 is 0.920 bits per heavy atom. The first-order chi connectivity index (χ1) is 12.0. The van der Waals surface area contributed by atoms with E-state index in [1.807, 2.05) is 30.3 Å². The summed E-state index contributed by atoms with van der Waals surface area (Å²) in [5.41, 5.74) is 1.23. The smallest absolute Gasteiger partial charge is 0.296 e. The average molecular weight is 362 g/mol. The molecule has 0 heterocycles. The number of hydrogen-bond acceptors (Lipinski definition) is 4. The van der Waals surface area contributed by atoms with Crippen molar-refractivity contribution in [1.29, 1.82) is 0 Å². The molecule has 0 saturated carbocycles. The van der Waals surface area contributed by atoms with Gasteiger partial charge >= 0.3 is 0 Å². The van der Waals surface area contributed by atoms with E-state index in [0.29, 0.717) is 5.56 Å². The van der Waals surface area contributed by atoms with Gasteiger partial charge in [0.2, 0.25) is 0 Å². The fraction of sp³-hybridized carbons (Fsp3) is 0.400. The van der Waals surface area contributed by atoms with Gasteiger partial charge in [0.25, 0.3) is 10.1 Å². The van der Waals surface area contributed by atoms with Crippen LogP contribution in [0.3, 0.4) is 0 Å².